The third kappa shape index (κ3) is 2.31. The standard InChI is InChI=1S/C19H16N2O/c1-2-7-16-15(6-1)12-21-17-8-3-9-18(19(16)17)22-13-14-5-4-10-20-11-14/h1-11,21H,12-13H2. The first-order valence-electron chi connectivity index (χ1n) is 7.39. The Morgan fingerprint density at radius 3 is 2.86 bits per heavy atom. The number of hydrogen-bond acceptors (Lipinski definition) is 3. The lowest BCUT2D eigenvalue weighted by atomic mass is 9.94. The molecule has 0 saturated heterocycles. The third-order valence-electron chi connectivity index (χ3n) is 3.90. The number of rotatable bonds is 3. The molecule has 22 heavy (non-hydrogen) atoms. The smallest absolute Gasteiger partial charge is 0.129 e. The van der Waals surface area contributed by atoms with E-state index < -0.39 is 0 Å². The number of hydrogen-bond donors (Lipinski definition) is 1. The lowest BCUT2D eigenvalue weighted by Gasteiger charge is -2.24. The fourth-order valence-corrected chi connectivity index (χ4v) is 2.83. The van der Waals surface area contributed by atoms with E-state index >= 15 is 0 Å². The molecule has 108 valence electrons. The molecule has 3 heteroatoms. The van der Waals surface area contributed by atoms with Crippen molar-refractivity contribution in [2.24, 2.45) is 0 Å². The maximum absolute atomic E-state index is 6.07. The van der Waals surface area contributed by atoms with Crippen molar-refractivity contribution >= 4 is 5.69 Å². The fraction of sp³-hybridized carbons (Fsp3) is 0.105. The molecule has 0 amide bonds. The number of ether oxygens (including phenoxy) is 1. The summed E-state index contributed by atoms with van der Waals surface area (Å²) in [7, 11) is 0. The lowest BCUT2D eigenvalue weighted by molar-refractivity contribution is 0.307. The van der Waals surface area contributed by atoms with Gasteiger partial charge in [0.15, 0.2) is 0 Å². The van der Waals surface area contributed by atoms with Gasteiger partial charge in [0, 0.05) is 35.8 Å². The summed E-state index contributed by atoms with van der Waals surface area (Å²) in [6, 6.07) is 18.6. The Hall–Kier alpha value is -2.81. The van der Waals surface area contributed by atoms with E-state index in [9.17, 15) is 0 Å². The van der Waals surface area contributed by atoms with Crippen LogP contribution in [0.15, 0.2) is 67.0 Å². The Labute approximate surface area is 129 Å². The third-order valence-corrected chi connectivity index (χ3v) is 3.90. The quantitative estimate of drug-likeness (QED) is 0.782. The molecule has 0 aliphatic carbocycles. The normalized spacial score (nSPS) is 12.0. The van der Waals surface area contributed by atoms with E-state index in [0.717, 1.165) is 29.1 Å². The van der Waals surface area contributed by atoms with Gasteiger partial charge in [-0.05, 0) is 29.3 Å². The Kier molecular flexibility index (Phi) is 3.24. The van der Waals surface area contributed by atoms with Gasteiger partial charge in [0.2, 0.25) is 0 Å². The van der Waals surface area contributed by atoms with Crippen LogP contribution in [0.5, 0.6) is 5.75 Å². The zero-order valence-corrected chi connectivity index (χ0v) is 12.1. The molecule has 1 aliphatic rings. The van der Waals surface area contributed by atoms with Crippen molar-refractivity contribution in [1.29, 1.82) is 0 Å². The topological polar surface area (TPSA) is 34.1 Å². The van der Waals surface area contributed by atoms with Crippen molar-refractivity contribution in [3.05, 3.63) is 78.1 Å². The van der Waals surface area contributed by atoms with Crippen molar-refractivity contribution in [2.75, 3.05) is 5.32 Å². The van der Waals surface area contributed by atoms with Crippen molar-refractivity contribution < 1.29 is 4.74 Å². The molecule has 1 aliphatic heterocycles. The minimum absolute atomic E-state index is 0.520. The van der Waals surface area contributed by atoms with Crippen LogP contribution in [-0.2, 0) is 13.2 Å². The van der Waals surface area contributed by atoms with Gasteiger partial charge >= 0.3 is 0 Å². The molecule has 1 aromatic heterocycles. The van der Waals surface area contributed by atoms with Crippen LogP contribution in [0.3, 0.4) is 0 Å². The Bertz CT molecular complexity index is 800. The first kappa shape index (κ1) is 12.9. The van der Waals surface area contributed by atoms with E-state index in [-0.39, 0.29) is 0 Å². The zero-order chi connectivity index (χ0) is 14.8. The Morgan fingerprint density at radius 2 is 1.95 bits per heavy atom. The highest BCUT2D eigenvalue weighted by molar-refractivity contribution is 5.87. The summed E-state index contributed by atoms with van der Waals surface area (Å²) >= 11 is 0. The fourth-order valence-electron chi connectivity index (χ4n) is 2.83. The molecule has 0 unspecified atom stereocenters. The van der Waals surface area contributed by atoms with Crippen molar-refractivity contribution in [1.82, 2.24) is 4.98 Å². The van der Waals surface area contributed by atoms with Gasteiger partial charge in [0.05, 0.1) is 0 Å². The molecule has 3 nitrogen and oxygen atoms in total. The molecule has 0 bridgehead atoms. The molecule has 1 N–H and O–H groups in total. The minimum Gasteiger partial charge on any atom is -0.488 e. The number of nitrogens with one attached hydrogen (secondary N) is 1. The van der Waals surface area contributed by atoms with Crippen LogP contribution in [-0.4, -0.2) is 4.98 Å². The van der Waals surface area contributed by atoms with E-state index in [1.165, 1.54) is 11.1 Å². The second-order valence-electron chi connectivity index (χ2n) is 5.34. The number of fused-ring (bicyclic) bond motifs is 3. The number of benzene rings is 2. The van der Waals surface area contributed by atoms with Crippen molar-refractivity contribution in [3.63, 3.8) is 0 Å². The van der Waals surface area contributed by atoms with Gasteiger partial charge in [-0.25, -0.2) is 0 Å². The largest absolute Gasteiger partial charge is 0.488 e. The number of nitrogens with zero attached hydrogens (tertiary/aromatic N) is 1. The molecule has 4 rings (SSSR count). The van der Waals surface area contributed by atoms with E-state index in [0.29, 0.717) is 6.61 Å². The molecule has 3 aromatic rings. The number of aromatic nitrogens is 1. The van der Waals surface area contributed by atoms with Crippen LogP contribution in [0, 0.1) is 0 Å². The predicted octanol–water partition coefficient (Wildman–Crippen LogP) is 4.25. The van der Waals surface area contributed by atoms with Gasteiger partial charge in [-0.2, -0.15) is 0 Å². The first-order chi connectivity index (χ1) is 10.9. The summed E-state index contributed by atoms with van der Waals surface area (Å²) in [5, 5.41) is 3.47. The zero-order valence-electron chi connectivity index (χ0n) is 12.1. The molecular weight excluding hydrogens is 272 g/mol. The van der Waals surface area contributed by atoms with Gasteiger partial charge in [-0.3, -0.25) is 4.98 Å². The SMILES string of the molecule is c1cncc(COc2cccc3c2-c2ccccc2CN3)c1. The Balaban J connectivity index is 1.70. The Morgan fingerprint density at radius 1 is 1.00 bits per heavy atom. The average Bonchev–Trinajstić information content (AvgIpc) is 2.60. The van der Waals surface area contributed by atoms with Crippen LogP contribution >= 0.6 is 0 Å². The molecule has 2 aromatic carbocycles. The van der Waals surface area contributed by atoms with Crippen LogP contribution in [0.25, 0.3) is 11.1 Å². The summed E-state index contributed by atoms with van der Waals surface area (Å²) in [6.45, 7) is 1.38. The van der Waals surface area contributed by atoms with Crippen LogP contribution in [0.4, 0.5) is 5.69 Å². The van der Waals surface area contributed by atoms with Crippen molar-refractivity contribution in [3.8, 4) is 16.9 Å². The minimum atomic E-state index is 0.520. The summed E-state index contributed by atoms with van der Waals surface area (Å²) < 4.78 is 6.07. The van der Waals surface area contributed by atoms with Gasteiger partial charge in [0.1, 0.15) is 12.4 Å². The van der Waals surface area contributed by atoms with Crippen molar-refractivity contribution in [2.45, 2.75) is 13.2 Å². The van der Waals surface area contributed by atoms with Crippen LogP contribution in [0.1, 0.15) is 11.1 Å². The van der Waals surface area contributed by atoms with Crippen LogP contribution < -0.4 is 10.1 Å². The highest BCUT2D eigenvalue weighted by atomic mass is 16.5. The molecule has 0 saturated carbocycles. The highest BCUT2D eigenvalue weighted by Gasteiger charge is 2.19. The summed E-state index contributed by atoms with van der Waals surface area (Å²) in [5.41, 5.74) is 5.89. The van der Waals surface area contributed by atoms with E-state index in [2.05, 4.69) is 40.6 Å². The van der Waals surface area contributed by atoms with E-state index in [1.807, 2.05) is 30.5 Å². The molecule has 0 radical (unpaired) electrons. The average molecular weight is 288 g/mol. The first-order valence-corrected chi connectivity index (χ1v) is 7.39. The molecule has 0 spiro atoms. The molecule has 0 atom stereocenters. The van der Waals surface area contributed by atoms with Crippen LogP contribution in [0.2, 0.25) is 0 Å². The second-order valence-corrected chi connectivity index (χ2v) is 5.34. The maximum Gasteiger partial charge on any atom is 0.129 e. The van der Waals surface area contributed by atoms with Gasteiger partial charge in [-0.1, -0.05) is 36.4 Å². The van der Waals surface area contributed by atoms with Gasteiger partial charge in [0.25, 0.3) is 0 Å². The van der Waals surface area contributed by atoms with E-state index in [4.69, 9.17) is 4.74 Å². The highest BCUT2D eigenvalue weighted by Crippen LogP contribution is 2.42. The lowest BCUT2D eigenvalue weighted by Crippen LogP contribution is -2.09. The monoisotopic (exact) mass is 288 g/mol. The summed E-state index contributed by atoms with van der Waals surface area (Å²) in [4.78, 5) is 4.13. The van der Waals surface area contributed by atoms with E-state index in [1.54, 1.807) is 6.20 Å². The second kappa shape index (κ2) is 5.53. The molecule has 0 fully saturated rings. The maximum atomic E-state index is 6.07. The molecule has 2 heterocycles. The number of anilines is 1. The van der Waals surface area contributed by atoms with Gasteiger partial charge < -0.3 is 10.1 Å². The summed E-state index contributed by atoms with van der Waals surface area (Å²) in [5.74, 6) is 0.904. The predicted molar refractivity (Wildman–Crippen MR) is 87.8 cm³/mol. The number of pyridine rings is 1. The van der Waals surface area contributed by atoms with Gasteiger partial charge in [-0.15, -0.1) is 0 Å². The molecular formula is C19H16N2O. The summed E-state index contributed by atoms with van der Waals surface area (Å²) in [6.07, 6.45) is 3.61.